The van der Waals surface area contributed by atoms with E-state index in [0.29, 0.717) is 12.1 Å². The largest absolute Gasteiger partial charge is 0.378 e. The van der Waals surface area contributed by atoms with Crippen LogP contribution in [0.1, 0.15) is 16.9 Å². The number of benzene rings is 2. The van der Waals surface area contributed by atoms with Gasteiger partial charge in [-0.3, -0.25) is 4.90 Å². The van der Waals surface area contributed by atoms with E-state index >= 15 is 0 Å². The van der Waals surface area contributed by atoms with E-state index in [2.05, 4.69) is 77.9 Å². The maximum absolute atomic E-state index is 5.78. The summed E-state index contributed by atoms with van der Waals surface area (Å²) in [5, 5.41) is 5.05. The molecule has 2 heterocycles. The lowest BCUT2D eigenvalue weighted by molar-refractivity contribution is 0.0371. The number of ether oxygens (including phenoxy) is 1. The van der Waals surface area contributed by atoms with E-state index in [-0.39, 0.29) is 12.4 Å². The van der Waals surface area contributed by atoms with Gasteiger partial charge in [0.05, 0.1) is 13.2 Å². The standard InChI is InChI=1S/C23H28N2OS.ClH/c1-25(16-18-7-3-2-4-8-18)22(21-17-26-14-13-24-21)12-11-20-15-19-9-5-6-10-23(19)27-20;/h2-10,15,21-22,24H,11-14,16-17H2,1H3;1H. The number of hydrogen-bond donors (Lipinski definition) is 1. The van der Waals surface area contributed by atoms with Crippen LogP contribution in [-0.4, -0.2) is 43.8 Å². The number of thiophene rings is 1. The highest BCUT2D eigenvalue weighted by atomic mass is 35.5. The number of morpholine rings is 1. The monoisotopic (exact) mass is 416 g/mol. The van der Waals surface area contributed by atoms with Gasteiger partial charge >= 0.3 is 0 Å². The zero-order chi connectivity index (χ0) is 18.5. The molecule has 3 aromatic rings. The summed E-state index contributed by atoms with van der Waals surface area (Å²) in [5.41, 5.74) is 1.36. The van der Waals surface area contributed by atoms with Crippen LogP contribution in [0.25, 0.3) is 10.1 Å². The van der Waals surface area contributed by atoms with Crippen molar-refractivity contribution in [3.63, 3.8) is 0 Å². The zero-order valence-corrected chi connectivity index (χ0v) is 18.0. The third-order valence-electron chi connectivity index (χ3n) is 5.42. The minimum atomic E-state index is 0. The summed E-state index contributed by atoms with van der Waals surface area (Å²) in [6.07, 6.45) is 2.25. The fourth-order valence-corrected chi connectivity index (χ4v) is 5.08. The Kier molecular flexibility index (Phi) is 7.89. The highest BCUT2D eigenvalue weighted by Crippen LogP contribution is 2.27. The second-order valence-corrected chi connectivity index (χ2v) is 8.56. The van der Waals surface area contributed by atoms with Crippen molar-refractivity contribution in [3.05, 3.63) is 71.1 Å². The predicted molar refractivity (Wildman–Crippen MR) is 122 cm³/mol. The molecule has 2 atom stereocenters. The SMILES string of the molecule is CN(Cc1ccccc1)C(CCc1cc2ccccc2s1)C1COCCN1.Cl. The Labute approximate surface area is 178 Å². The first-order chi connectivity index (χ1) is 13.3. The Hall–Kier alpha value is -1.43. The van der Waals surface area contributed by atoms with Crippen LogP contribution in [0.5, 0.6) is 0 Å². The van der Waals surface area contributed by atoms with Gasteiger partial charge in [0.25, 0.3) is 0 Å². The molecule has 1 aliphatic rings. The lowest BCUT2D eigenvalue weighted by Gasteiger charge is -2.37. The van der Waals surface area contributed by atoms with Crippen molar-refractivity contribution in [1.82, 2.24) is 10.2 Å². The smallest absolute Gasteiger partial charge is 0.0635 e. The van der Waals surface area contributed by atoms with Crippen LogP contribution in [0.2, 0.25) is 0 Å². The van der Waals surface area contributed by atoms with Gasteiger partial charge in [0.15, 0.2) is 0 Å². The molecule has 1 aliphatic heterocycles. The number of hydrogen-bond acceptors (Lipinski definition) is 4. The van der Waals surface area contributed by atoms with Crippen molar-refractivity contribution in [1.29, 1.82) is 0 Å². The molecule has 0 aliphatic carbocycles. The summed E-state index contributed by atoms with van der Waals surface area (Å²) in [6.45, 7) is 3.54. The van der Waals surface area contributed by atoms with Gasteiger partial charge in [-0.1, -0.05) is 48.5 Å². The number of nitrogens with zero attached hydrogens (tertiary/aromatic N) is 1. The molecule has 1 fully saturated rings. The lowest BCUT2D eigenvalue weighted by atomic mass is 9.99. The lowest BCUT2D eigenvalue weighted by Crippen LogP contribution is -2.54. The summed E-state index contributed by atoms with van der Waals surface area (Å²) in [7, 11) is 2.25. The third kappa shape index (κ3) is 5.34. The number of likely N-dealkylation sites (N-methyl/N-ethyl adjacent to an activating group) is 1. The van der Waals surface area contributed by atoms with E-state index in [1.165, 1.54) is 20.5 Å². The van der Waals surface area contributed by atoms with Gasteiger partial charge in [0, 0.05) is 34.8 Å². The van der Waals surface area contributed by atoms with Crippen molar-refractivity contribution in [2.24, 2.45) is 0 Å². The summed E-state index contributed by atoms with van der Waals surface area (Å²) in [5.74, 6) is 0. The van der Waals surface area contributed by atoms with Crippen LogP contribution >= 0.6 is 23.7 Å². The highest BCUT2D eigenvalue weighted by molar-refractivity contribution is 7.19. The van der Waals surface area contributed by atoms with E-state index in [4.69, 9.17) is 4.74 Å². The number of halogens is 1. The molecule has 3 nitrogen and oxygen atoms in total. The van der Waals surface area contributed by atoms with Crippen LogP contribution in [0.4, 0.5) is 0 Å². The minimum absolute atomic E-state index is 0. The van der Waals surface area contributed by atoms with E-state index in [0.717, 1.165) is 39.1 Å². The van der Waals surface area contributed by atoms with Crippen LogP contribution in [0.3, 0.4) is 0 Å². The molecule has 0 spiro atoms. The molecule has 4 rings (SSSR count). The second-order valence-electron chi connectivity index (χ2n) is 7.39. The quantitative estimate of drug-likeness (QED) is 0.601. The van der Waals surface area contributed by atoms with Gasteiger partial charge in [-0.2, -0.15) is 0 Å². The molecule has 0 amide bonds. The molecule has 5 heteroatoms. The fraction of sp³-hybridized carbons (Fsp3) is 0.391. The molecule has 1 aromatic heterocycles. The topological polar surface area (TPSA) is 24.5 Å². The van der Waals surface area contributed by atoms with Crippen LogP contribution < -0.4 is 5.32 Å². The first kappa shape index (κ1) is 21.3. The van der Waals surface area contributed by atoms with E-state index in [1.807, 2.05) is 11.3 Å². The second kappa shape index (κ2) is 10.4. The molecule has 28 heavy (non-hydrogen) atoms. The fourth-order valence-electron chi connectivity index (χ4n) is 4.00. The number of aryl methyl sites for hydroxylation is 1. The molecule has 0 radical (unpaired) electrons. The summed E-state index contributed by atoms with van der Waals surface area (Å²) < 4.78 is 7.17. The normalized spacial score (nSPS) is 18.1. The van der Waals surface area contributed by atoms with Crippen LogP contribution in [0, 0.1) is 0 Å². The van der Waals surface area contributed by atoms with Crippen molar-refractivity contribution in [2.45, 2.75) is 31.5 Å². The molecule has 1 saturated heterocycles. The van der Waals surface area contributed by atoms with Crippen molar-refractivity contribution in [2.75, 3.05) is 26.8 Å². The summed E-state index contributed by atoms with van der Waals surface area (Å²) in [6, 6.07) is 22.6. The number of fused-ring (bicyclic) bond motifs is 1. The maximum atomic E-state index is 5.78. The molecule has 2 unspecified atom stereocenters. The Bertz CT molecular complexity index is 815. The van der Waals surface area contributed by atoms with E-state index in [1.54, 1.807) is 0 Å². The van der Waals surface area contributed by atoms with Crippen LogP contribution in [0.15, 0.2) is 60.7 Å². The Morgan fingerprint density at radius 3 is 2.68 bits per heavy atom. The molecule has 0 bridgehead atoms. The summed E-state index contributed by atoms with van der Waals surface area (Å²) in [4.78, 5) is 3.97. The average Bonchev–Trinajstić information content (AvgIpc) is 3.13. The van der Waals surface area contributed by atoms with Crippen molar-refractivity contribution >= 4 is 33.8 Å². The first-order valence-electron chi connectivity index (χ1n) is 9.82. The van der Waals surface area contributed by atoms with Gasteiger partial charge in [-0.05, 0) is 43.0 Å². The average molecular weight is 417 g/mol. The number of rotatable bonds is 7. The maximum Gasteiger partial charge on any atom is 0.0635 e. The molecule has 2 aromatic carbocycles. The molecule has 1 N–H and O–H groups in total. The number of nitrogens with one attached hydrogen (secondary N) is 1. The van der Waals surface area contributed by atoms with Gasteiger partial charge in [-0.25, -0.2) is 0 Å². The zero-order valence-electron chi connectivity index (χ0n) is 16.3. The van der Waals surface area contributed by atoms with Gasteiger partial charge in [0.2, 0.25) is 0 Å². The highest BCUT2D eigenvalue weighted by Gasteiger charge is 2.27. The third-order valence-corrected chi connectivity index (χ3v) is 6.59. The minimum Gasteiger partial charge on any atom is -0.378 e. The predicted octanol–water partition coefficient (Wildman–Crippen LogP) is 4.74. The summed E-state index contributed by atoms with van der Waals surface area (Å²) >= 11 is 1.93. The van der Waals surface area contributed by atoms with Gasteiger partial charge in [0.1, 0.15) is 0 Å². The van der Waals surface area contributed by atoms with Gasteiger partial charge in [-0.15, -0.1) is 23.7 Å². The van der Waals surface area contributed by atoms with Crippen LogP contribution in [-0.2, 0) is 17.7 Å². The Morgan fingerprint density at radius 1 is 1.14 bits per heavy atom. The Balaban J connectivity index is 0.00000225. The molecular weight excluding hydrogens is 388 g/mol. The molecule has 150 valence electrons. The van der Waals surface area contributed by atoms with Crippen molar-refractivity contribution in [3.8, 4) is 0 Å². The van der Waals surface area contributed by atoms with Crippen molar-refractivity contribution < 1.29 is 4.74 Å². The van der Waals surface area contributed by atoms with Gasteiger partial charge < -0.3 is 10.1 Å². The molecular formula is C23H29ClN2OS. The van der Waals surface area contributed by atoms with E-state index in [9.17, 15) is 0 Å². The van der Waals surface area contributed by atoms with E-state index < -0.39 is 0 Å². The Morgan fingerprint density at radius 2 is 1.93 bits per heavy atom. The first-order valence-corrected chi connectivity index (χ1v) is 10.6. The molecule has 0 saturated carbocycles.